The molecule has 0 bridgehead atoms. The smallest absolute Gasteiger partial charge is 0.262 e. The Hall–Kier alpha value is -2.53. The van der Waals surface area contributed by atoms with E-state index in [0.717, 1.165) is 31.5 Å². The minimum absolute atomic E-state index is 0.0444. The fraction of sp³-hybridized carbons (Fsp3) is 0.364. The molecular formula is C22H25ClN2O3. The quantitative estimate of drug-likeness (QED) is 0.801. The molecule has 2 aromatic carbocycles. The topological polar surface area (TPSA) is 58.6 Å². The fourth-order valence-electron chi connectivity index (χ4n) is 3.20. The number of carbonyl (C=O) groups is 2. The van der Waals surface area contributed by atoms with Crippen LogP contribution in [0.15, 0.2) is 42.5 Å². The molecule has 0 spiro atoms. The van der Waals surface area contributed by atoms with Crippen LogP contribution in [0.5, 0.6) is 5.75 Å². The zero-order chi connectivity index (χ0) is 20.1. The van der Waals surface area contributed by atoms with E-state index in [0.29, 0.717) is 27.9 Å². The third kappa shape index (κ3) is 5.04. The van der Waals surface area contributed by atoms with Crippen molar-refractivity contribution in [3.8, 4) is 5.75 Å². The number of ether oxygens (including phenoxy) is 1. The van der Waals surface area contributed by atoms with E-state index in [2.05, 4.69) is 12.2 Å². The number of nitrogens with one attached hydrogen (secondary N) is 1. The van der Waals surface area contributed by atoms with Crippen molar-refractivity contribution in [3.05, 3.63) is 58.6 Å². The maximum atomic E-state index is 12.9. The molecule has 1 saturated heterocycles. The third-order valence-corrected chi connectivity index (χ3v) is 5.43. The molecule has 6 heteroatoms. The lowest BCUT2D eigenvalue weighted by Crippen LogP contribution is -2.38. The number of likely N-dealkylation sites (tertiary alicyclic amines) is 1. The van der Waals surface area contributed by atoms with Gasteiger partial charge in [-0.15, -0.1) is 0 Å². The highest BCUT2D eigenvalue weighted by molar-refractivity contribution is 6.31. The molecule has 28 heavy (non-hydrogen) atoms. The van der Waals surface area contributed by atoms with E-state index in [1.807, 2.05) is 17.9 Å². The van der Waals surface area contributed by atoms with Gasteiger partial charge in [0.1, 0.15) is 5.75 Å². The number of nitrogens with zero attached hydrogens (tertiary/aromatic N) is 1. The monoisotopic (exact) mass is 400 g/mol. The Kier molecular flexibility index (Phi) is 6.57. The molecule has 3 rings (SSSR count). The molecule has 1 fully saturated rings. The zero-order valence-corrected chi connectivity index (χ0v) is 17.0. The lowest BCUT2D eigenvalue weighted by molar-refractivity contribution is -0.118. The molecule has 1 heterocycles. The van der Waals surface area contributed by atoms with Gasteiger partial charge in [-0.2, -0.15) is 0 Å². The first kappa shape index (κ1) is 20.2. The number of carbonyl (C=O) groups excluding carboxylic acids is 2. The largest absolute Gasteiger partial charge is 0.484 e. The Morgan fingerprint density at radius 3 is 2.61 bits per heavy atom. The zero-order valence-electron chi connectivity index (χ0n) is 16.2. The Morgan fingerprint density at radius 2 is 1.89 bits per heavy atom. The summed E-state index contributed by atoms with van der Waals surface area (Å²) in [5.41, 5.74) is 1.89. The highest BCUT2D eigenvalue weighted by Crippen LogP contribution is 2.23. The number of anilines is 1. The van der Waals surface area contributed by atoms with Crippen LogP contribution in [-0.2, 0) is 4.79 Å². The van der Waals surface area contributed by atoms with Crippen molar-refractivity contribution in [2.45, 2.75) is 26.7 Å². The maximum Gasteiger partial charge on any atom is 0.262 e. The molecule has 2 amide bonds. The minimum Gasteiger partial charge on any atom is -0.484 e. The molecule has 1 aliphatic rings. The predicted octanol–water partition coefficient (Wildman–Crippen LogP) is 4.54. The third-order valence-electron chi connectivity index (χ3n) is 5.00. The Labute approximate surface area is 170 Å². The van der Waals surface area contributed by atoms with E-state index in [4.69, 9.17) is 16.3 Å². The van der Waals surface area contributed by atoms with Crippen molar-refractivity contribution >= 4 is 29.1 Å². The van der Waals surface area contributed by atoms with E-state index in [1.54, 1.807) is 36.4 Å². The van der Waals surface area contributed by atoms with Crippen LogP contribution in [0.4, 0.5) is 5.69 Å². The van der Waals surface area contributed by atoms with Crippen molar-refractivity contribution in [1.82, 2.24) is 4.90 Å². The van der Waals surface area contributed by atoms with Crippen LogP contribution in [0.3, 0.4) is 0 Å². The number of piperidine rings is 1. The Morgan fingerprint density at radius 1 is 1.18 bits per heavy atom. The van der Waals surface area contributed by atoms with Crippen LogP contribution < -0.4 is 10.1 Å². The highest BCUT2D eigenvalue weighted by Gasteiger charge is 2.23. The highest BCUT2D eigenvalue weighted by atomic mass is 35.5. The van der Waals surface area contributed by atoms with Crippen LogP contribution in [0.25, 0.3) is 0 Å². The van der Waals surface area contributed by atoms with Crippen molar-refractivity contribution in [2.75, 3.05) is 25.0 Å². The molecule has 0 unspecified atom stereocenters. The molecule has 0 aliphatic carbocycles. The first-order chi connectivity index (χ1) is 13.4. The second-order valence-corrected chi connectivity index (χ2v) is 7.68. The van der Waals surface area contributed by atoms with Crippen molar-refractivity contribution in [3.63, 3.8) is 0 Å². The van der Waals surface area contributed by atoms with Gasteiger partial charge in [0.05, 0.1) is 11.3 Å². The average molecular weight is 401 g/mol. The summed E-state index contributed by atoms with van der Waals surface area (Å²) in [6.45, 7) is 5.43. The maximum absolute atomic E-state index is 12.9. The van der Waals surface area contributed by atoms with Crippen LogP contribution in [-0.4, -0.2) is 36.4 Å². The summed E-state index contributed by atoms with van der Waals surface area (Å²) in [7, 11) is 0. The number of benzene rings is 2. The summed E-state index contributed by atoms with van der Waals surface area (Å²) in [6.07, 6.45) is 2.02. The number of rotatable bonds is 5. The van der Waals surface area contributed by atoms with Gasteiger partial charge in [-0.05, 0) is 61.6 Å². The van der Waals surface area contributed by atoms with E-state index in [1.165, 1.54) is 0 Å². The number of amides is 2. The molecule has 0 atom stereocenters. The summed E-state index contributed by atoms with van der Waals surface area (Å²) in [5.74, 6) is 0.855. The van der Waals surface area contributed by atoms with Gasteiger partial charge in [-0.25, -0.2) is 0 Å². The van der Waals surface area contributed by atoms with Crippen molar-refractivity contribution in [1.29, 1.82) is 0 Å². The van der Waals surface area contributed by atoms with Gasteiger partial charge in [-0.1, -0.05) is 30.7 Å². The van der Waals surface area contributed by atoms with Crippen LogP contribution in [0, 0.1) is 12.8 Å². The predicted molar refractivity (Wildman–Crippen MR) is 111 cm³/mol. The molecule has 0 saturated carbocycles. The van der Waals surface area contributed by atoms with Crippen molar-refractivity contribution < 1.29 is 14.3 Å². The second kappa shape index (κ2) is 9.11. The lowest BCUT2D eigenvalue weighted by Gasteiger charge is -2.30. The first-order valence-corrected chi connectivity index (χ1v) is 9.89. The number of hydrogen-bond donors (Lipinski definition) is 1. The lowest BCUT2D eigenvalue weighted by atomic mass is 9.98. The van der Waals surface area contributed by atoms with Crippen molar-refractivity contribution in [2.24, 2.45) is 5.92 Å². The second-order valence-electron chi connectivity index (χ2n) is 7.27. The Balaban J connectivity index is 1.63. The molecule has 0 radical (unpaired) electrons. The number of para-hydroxylation sites is 1. The molecule has 1 aliphatic heterocycles. The SMILES string of the molecule is Cc1cc(OCC(=O)Nc2ccccc2C(=O)N2CCC(C)CC2)ccc1Cl. The van der Waals surface area contributed by atoms with E-state index in [-0.39, 0.29) is 18.4 Å². The van der Waals surface area contributed by atoms with E-state index in [9.17, 15) is 9.59 Å². The van der Waals surface area contributed by atoms with E-state index < -0.39 is 0 Å². The fourth-order valence-corrected chi connectivity index (χ4v) is 3.32. The van der Waals surface area contributed by atoms with Gasteiger partial charge in [0.2, 0.25) is 0 Å². The molecule has 148 valence electrons. The summed E-state index contributed by atoms with van der Waals surface area (Å²) in [5, 5.41) is 3.45. The summed E-state index contributed by atoms with van der Waals surface area (Å²) in [6, 6.07) is 12.3. The van der Waals surface area contributed by atoms with Gasteiger partial charge < -0.3 is 15.0 Å². The standard InChI is InChI=1S/C22H25ClN2O3/c1-15-9-11-25(12-10-15)22(27)18-5-3-4-6-20(18)24-21(26)14-28-17-7-8-19(23)16(2)13-17/h3-8,13,15H,9-12,14H2,1-2H3,(H,24,26). The van der Waals surface area contributed by atoms with E-state index >= 15 is 0 Å². The number of hydrogen-bond acceptors (Lipinski definition) is 3. The molecule has 2 aromatic rings. The van der Waals surface area contributed by atoms with Gasteiger partial charge in [0.15, 0.2) is 6.61 Å². The average Bonchev–Trinajstić information content (AvgIpc) is 2.69. The van der Waals surface area contributed by atoms with Crippen LogP contribution in [0.2, 0.25) is 5.02 Å². The molecular weight excluding hydrogens is 376 g/mol. The first-order valence-electron chi connectivity index (χ1n) is 9.51. The summed E-state index contributed by atoms with van der Waals surface area (Å²) >= 11 is 6.00. The van der Waals surface area contributed by atoms with Crippen LogP contribution >= 0.6 is 11.6 Å². The molecule has 1 N–H and O–H groups in total. The van der Waals surface area contributed by atoms with Gasteiger partial charge >= 0.3 is 0 Å². The van der Waals surface area contributed by atoms with Gasteiger partial charge in [0.25, 0.3) is 11.8 Å². The van der Waals surface area contributed by atoms with Gasteiger partial charge in [-0.3, -0.25) is 9.59 Å². The normalized spacial score (nSPS) is 14.6. The molecule has 5 nitrogen and oxygen atoms in total. The Bertz CT molecular complexity index is 861. The van der Waals surface area contributed by atoms with Gasteiger partial charge in [0, 0.05) is 18.1 Å². The summed E-state index contributed by atoms with van der Waals surface area (Å²) in [4.78, 5) is 27.1. The minimum atomic E-state index is -0.319. The number of halogens is 1. The van der Waals surface area contributed by atoms with Crippen LogP contribution in [0.1, 0.15) is 35.7 Å². The molecule has 0 aromatic heterocycles. The summed E-state index contributed by atoms with van der Waals surface area (Å²) < 4.78 is 5.54. The number of aryl methyl sites for hydroxylation is 1.